The van der Waals surface area contributed by atoms with Crippen LogP contribution in [0.1, 0.15) is 18.1 Å². The fourth-order valence-electron chi connectivity index (χ4n) is 1.11. The maximum atomic E-state index is 10.1. The molecule has 0 aromatic heterocycles. The van der Waals surface area contributed by atoms with Gasteiger partial charge in [0.2, 0.25) is 0 Å². The van der Waals surface area contributed by atoms with Gasteiger partial charge in [0.25, 0.3) is 0 Å². The molecule has 2 heteroatoms. The number of aliphatic carboxylic acids is 1. The second kappa shape index (κ2) is 5.08. The van der Waals surface area contributed by atoms with E-state index in [4.69, 9.17) is 5.11 Å². The van der Waals surface area contributed by atoms with Crippen LogP contribution in [0.4, 0.5) is 0 Å². The number of hydrogen-bond donors (Lipinski definition) is 1. The predicted molar refractivity (Wildman–Crippen MR) is 54.9 cm³/mol. The fourth-order valence-corrected chi connectivity index (χ4v) is 1.11. The molecule has 0 unspecified atom stereocenters. The number of hydrogen-bond acceptors (Lipinski definition) is 1. The zero-order valence-corrected chi connectivity index (χ0v) is 8.08. The first-order valence-electron chi connectivity index (χ1n) is 4.52. The highest BCUT2D eigenvalue weighted by molar-refractivity contribution is 5.86. The highest BCUT2D eigenvalue weighted by Crippen LogP contribution is 2.04. The van der Waals surface area contributed by atoms with E-state index >= 15 is 0 Å². The highest BCUT2D eigenvalue weighted by atomic mass is 16.4. The summed E-state index contributed by atoms with van der Waals surface area (Å²) >= 11 is 0. The predicted octanol–water partition coefficient (Wildman–Crippen LogP) is 1.88. The summed E-state index contributed by atoms with van der Waals surface area (Å²) in [5, 5.41) is 8.30. The molecule has 0 aliphatic rings. The van der Waals surface area contributed by atoms with Crippen LogP contribution < -0.4 is 0 Å². The van der Waals surface area contributed by atoms with Crippen molar-refractivity contribution in [1.29, 1.82) is 0 Å². The summed E-state index contributed by atoms with van der Waals surface area (Å²) in [5.41, 5.74) is 2.33. The molecule has 0 aliphatic heterocycles. The van der Waals surface area contributed by atoms with Crippen LogP contribution in [0, 0.1) is 11.8 Å². The van der Waals surface area contributed by atoms with Crippen molar-refractivity contribution in [2.45, 2.75) is 19.8 Å². The van der Waals surface area contributed by atoms with Crippen LogP contribution in [0.5, 0.6) is 0 Å². The van der Waals surface area contributed by atoms with E-state index in [2.05, 4.69) is 18.8 Å². The molecule has 0 bridgehead atoms. The number of carboxylic acid groups (broad SMARTS) is 1. The summed E-state index contributed by atoms with van der Waals surface area (Å²) in [4.78, 5) is 10.1. The minimum Gasteiger partial charge on any atom is -0.472 e. The lowest BCUT2D eigenvalue weighted by Crippen LogP contribution is -1.88. The third kappa shape index (κ3) is 3.32. The van der Waals surface area contributed by atoms with Crippen molar-refractivity contribution >= 4 is 5.97 Å². The average molecular weight is 188 g/mol. The second-order valence-electron chi connectivity index (χ2n) is 2.95. The number of aryl methyl sites for hydroxylation is 1. The Hall–Kier alpha value is -1.75. The summed E-state index contributed by atoms with van der Waals surface area (Å²) in [6, 6.07) is 8.04. The molecule has 1 aromatic carbocycles. The number of rotatable bonds is 2. The summed E-state index contributed by atoms with van der Waals surface area (Å²) in [5.74, 6) is 3.60. The normalized spacial score (nSPS) is 8.93. The monoisotopic (exact) mass is 188 g/mol. The number of carbonyl (C=O) groups is 1. The van der Waals surface area contributed by atoms with Crippen LogP contribution in [0.15, 0.2) is 24.3 Å². The zero-order valence-electron chi connectivity index (χ0n) is 8.08. The molecule has 0 spiro atoms. The van der Waals surface area contributed by atoms with E-state index in [0.29, 0.717) is 6.42 Å². The van der Waals surface area contributed by atoms with Crippen molar-refractivity contribution < 1.29 is 9.90 Å². The molecule has 0 saturated heterocycles. The molecule has 0 amide bonds. The number of carboxylic acids is 1. The van der Waals surface area contributed by atoms with Gasteiger partial charge in [-0.25, -0.2) is 4.79 Å². The molecular weight excluding hydrogens is 176 g/mol. The van der Waals surface area contributed by atoms with Gasteiger partial charge in [0.15, 0.2) is 0 Å². The first-order chi connectivity index (χ1) is 6.72. The molecule has 0 fully saturated rings. The van der Waals surface area contributed by atoms with Crippen LogP contribution in [0.2, 0.25) is 0 Å². The van der Waals surface area contributed by atoms with Crippen molar-refractivity contribution in [1.82, 2.24) is 0 Å². The molecule has 1 N–H and O–H groups in total. The molecule has 1 rings (SSSR count). The van der Waals surface area contributed by atoms with E-state index < -0.39 is 5.97 Å². The molecule has 72 valence electrons. The van der Waals surface area contributed by atoms with E-state index in [1.165, 1.54) is 5.56 Å². The number of benzene rings is 1. The molecular formula is C12H12O2. The first kappa shape index (κ1) is 10.3. The Morgan fingerprint density at radius 3 is 2.36 bits per heavy atom. The van der Waals surface area contributed by atoms with E-state index in [0.717, 1.165) is 12.0 Å². The Balaban J connectivity index is 2.62. The van der Waals surface area contributed by atoms with Crippen LogP contribution in [0.3, 0.4) is 0 Å². The largest absolute Gasteiger partial charge is 0.472 e. The minimum atomic E-state index is -1.07. The maximum absolute atomic E-state index is 10.1. The summed E-state index contributed by atoms with van der Waals surface area (Å²) in [6.07, 6.45) is 1.51. The third-order valence-corrected chi connectivity index (χ3v) is 1.92. The van der Waals surface area contributed by atoms with Crippen molar-refractivity contribution in [2.75, 3.05) is 0 Å². The summed E-state index contributed by atoms with van der Waals surface area (Å²) < 4.78 is 0. The Kier molecular flexibility index (Phi) is 3.75. The van der Waals surface area contributed by atoms with Gasteiger partial charge < -0.3 is 5.11 Å². The Bertz CT molecular complexity index is 366. The lowest BCUT2D eigenvalue weighted by molar-refractivity contribution is -0.130. The van der Waals surface area contributed by atoms with E-state index in [1.807, 2.05) is 24.3 Å². The first-order valence-corrected chi connectivity index (χ1v) is 4.52. The van der Waals surface area contributed by atoms with Crippen LogP contribution in [-0.2, 0) is 17.6 Å². The van der Waals surface area contributed by atoms with Gasteiger partial charge in [-0.3, -0.25) is 0 Å². The minimum absolute atomic E-state index is 0.496. The molecule has 0 heterocycles. The molecule has 2 nitrogen and oxygen atoms in total. The molecule has 0 saturated carbocycles. The van der Waals surface area contributed by atoms with Gasteiger partial charge in [0.05, 0.1) is 0 Å². The van der Waals surface area contributed by atoms with Gasteiger partial charge in [-0.15, -0.1) is 0 Å². The van der Waals surface area contributed by atoms with Crippen molar-refractivity contribution in [3.63, 3.8) is 0 Å². The van der Waals surface area contributed by atoms with E-state index in [-0.39, 0.29) is 0 Å². The zero-order chi connectivity index (χ0) is 10.4. The topological polar surface area (TPSA) is 37.3 Å². The summed E-state index contributed by atoms with van der Waals surface area (Å²) in [7, 11) is 0. The van der Waals surface area contributed by atoms with Gasteiger partial charge in [-0.2, -0.15) is 0 Å². The van der Waals surface area contributed by atoms with E-state index in [1.54, 1.807) is 0 Å². The average Bonchev–Trinajstić information content (AvgIpc) is 2.18. The third-order valence-electron chi connectivity index (χ3n) is 1.92. The van der Waals surface area contributed by atoms with E-state index in [9.17, 15) is 4.79 Å². The van der Waals surface area contributed by atoms with Crippen LogP contribution in [0.25, 0.3) is 0 Å². The molecule has 0 radical (unpaired) electrons. The summed E-state index contributed by atoms with van der Waals surface area (Å²) in [6.45, 7) is 2.10. The Labute approximate surface area is 83.6 Å². The quantitative estimate of drug-likeness (QED) is 0.719. The second-order valence-corrected chi connectivity index (χ2v) is 2.95. The van der Waals surface area contributed by atoms with Crippen LogP contribution >= 0.6 is 0 Å². The standard InChI is InChI=1S/C12H12O2/c1-2-10-6-8-11(9-7-10)4-3-5-12(13)14/h6-9H,2,4H2,1H3,(H,13,14). The van der Waals surface area contributed by atoms with Gasteiger partial charge in [-0.05, 0) is 17.5 Å². The van der Waals surface area contributed by atoms with Crippen molar-refractivity contribution in [3.05, 3.63) is 35.4 Å². The van der Waals surface area contributed by atoms with Gasteiger partial charge in [-0.1, -0.05) is 37.1 Å². The fraction of sp³-hybridized carbons (Fsp3) is 0.250. The molecule has 1 aromatic rings. The van der Waals surface area contributed by atoms with Crippen molar-refractivity contribution in [3.8, 4) is 11.8 Å². The highest BCUT2D eigenvalue weighted by Gasteiger charge is 1.91. The van der Waals surface area contributed by atoms with Gasteiger partial charge in [0.1, 0.15) is 0 Å². The molecule has 14 heavy (non-hydrogen) atoms. The molecule has 0 aliphatic carbocycles. The Morgan fingerprint density at radius 2 is 1.86 bits per heavy atom. The lowest BCUT2D eigenvalue weighted by atomic mass is 10.1. The Morgan fingerprint density at radius 1 is 1.29 bits per heavy atom. The molecule has 0 atom stereocenters. The van der Waals surface area contributed by atoms with Crippen molar-refractivity contribution in [2.24, 2.45) is 0 Å². The SMILES string of the molecule is CCc1ccc(CC#CC(=O)O)cc1. The van der Waals surface area contributed by atoms with Gasteiger partial charge >= 0.3 is 5.97 Å². The smallest absolute Gasteiger partial charge is 0.381 e. The van der Waals surface area contributed by atoms with Gasteiger partial charge in [0, 0.05) is 12.3 Å². The lowest BCUT2D eigenvalue weighted by Gasteiger charge is -1.97. The van der Waals surface area contributed by atoms with Crippen LogP contribution in [-0.4, -0.2) is 11.1 Å². The maximum Gasteiger partial charge on any atom is 0.381 e.